The largest absolute Gasteiger partial charge is 0.263 e. The Morgan fingerprint density at radius 3 is 1.58 bits per heavy atom. The molecule has 9 aromatic rings. The molecule has 0 N–H and O–H groups in total. The Bertz CT molecular complexity index is 2820. The van der Waals surface area contributed by atoms with E-state index in [0.717, 1.165) is 66.6 Å². The van der Waals surface area contributed by atoms with E-state index < -0.39 is 0 Å². The molecule has 0 bridgehead atoms. The van der Waals surface area contributed by atoms with Crippen molar-refractivity contribution < 1.29 is 0 Å². The normalized spacial score (nSPS) is 11.4. The van der Waals surface area contributed by atoms with Gasteiger partial charge in [-0.25, -0.2) is 9.97 Å². The molecule has 0 aliphatic rings. The summed E-state index contributed by atoms with van der Waals surface area (Å²) in [6, 6.07) is 48.1. The van der Waals surface area contributed by atoms with Crippen LogP contribution in [-0.2, 0) is 0 Å². The number of aryl methyl sites for hydroxylation is 2. The van der Waals surface area contributed by atoms with Crippen LogP contribution in [0.3, 0.4) is 0 Å². The van der Waals surface area contributed by atoms with Crippen molar-refractivity contribution in [2.75, 3.05) is 0 Å². The molecule has 0 spiro atoms. The number of nitriles is 1. The van der Waals surface area contributed by atoms with Gasteiger partial charge in [0.15, 0.2) is 0 Å². The highest BCUT2D eigenvalue weighted by Gasteiger charge is 2.22. The Morgan fingerprint density at radius 2 is 0.960 bits per heavy atom. The van der Waals surface area contributed by atoms with Crippen LogP contribution in [0.25, 0.3) is 88.1 Å². The van der Waals surface area contributed by atoms with Gasteiger partial charge in [0.25, 0.3) is 0 Å². The zero-order valence-corrected chi connectivity index (χ0v) is 27.6. The molecule has 3 heterocycles. The Morgan fingerprint density at radius 1 is 0.440 bits per heavy atom. The molecule has 6 aromatic carbocycles. The van der Waals surface area contributed by atoms with Crippen LogP contribution in [0.1, 0.15) is 16.7 Å². The smallest absolute Gasteiger partial charge is 0.0991 e. The van der Waals surface area contributed by atoms with Crippen molar-refractivity contribution in [2.45, 2.75) is 13.8 Å². The van der Waals surface area contributed by atoms with Crippen molar-refractivity contribution in [3.8, 4) is 50.8 Å². The van der Waals surface area contributed by atoms with Crippen LogP contribution in [0.15, 0.2) is 146 Å². The highest BCUT2D eigenvalue weighted by atomic mass is 14.7. The van der Waals surface area contributed by atoms with Crippen molar-refractivity contribution in [3.05, 3.63) is 163 Å². The SMILES string of the molecule is Cc1c2c(-c3ccccc3)nc3cc(-c4cncc(-c5ccc(C#N)cc5)c4)ccc3c2c(C)c2c(-c3ccccc3)nc3ccccc3c12. The van der Waals surface area contributed by atoms with Gasteiger partial charge in [0.1, 0.15) is 0 Å². The van der Waals surface area contributed by atoms with Crippen molar-refractivity contribution in [1.29, 1.82) is 5.26 Å². The highest BCUT2D eigenvalue weighted by molar-refractivity contribution is 6.25. The summed E-state index contributed by atoms with van der Waals surface area (Å²) in [5.74, 6) is 0. The van der Waals surface area contributed by atoms with Gasteiger partial charge in [0, 0.05) is 56.2 Å². The van der Waals surface area contributed by atoms with Gasteiger partial charge in [0.2, 0.25) is 0 Å². The van der Waals surface area contributed by atoms with E-state index in [0.29, 0.717) is 5.56 Å². The lowest BCUT2D eigenvalue weighted by Gasteiger charge is -2.21. The molecule has 0 atom stereocenters. The van der Waals surface area contributed by atoms with Gasteiger partial charge < -0.3 is 0 Å². The zero-order chi connectivity index (χ0) is 33.8. The van der Waals surface area contributed by atoms with Gasteiger partial charge >= 0.3 is 0 Å². The zero-order valence-electron chi connectivity index (χ0n) is 27.6. The number of hydrogen-bond donors (Lipinski definition) is 0. The summed E-state index contributed by atoms with van der Waals surface area (Å²) < 4.78 is 0. The lowest BCUT2D eigenvalue weighted by molar-refractivity contribution is 1.33. The molecule has 0 radical (unpaired) electrons. The summed E-state index contributed by atoms with van der Waals surface area (Å²) in [5.41, 5.74) is 13.1. The van der Waals surface area contributed by atoms with Crippen LogP contribution >= 0.6 is 0 Å². The van der Waals surface area contributed by atoms with Gasteiger partial charge in [-0.05, 0) is 77.2 Å². The molecule has 0 unspecified atom stereocenters. The summed E-state index contributed by atoms with van der Waals surface area (Å²) in [7, 11) is 0. The van der Waals surface area contributed by atoms with Crippen molar-refractivity contribution in [3.63, 3.8) is 0 Å². The summed E-state index contributed by atoms with van der Waals surface area (Å²) in [6.07, 6.45) is 3.77. The lowest BCUT2D eigenvalue weighted by Crippen LogP contribution is -1.99. The molecule has 4 heteroatoms. The van der Waals surface area contributed by atoms with Crippen molar-refractivity contribution in [2.24, 2.45) is 0 Å². The molecular weight excluding hydrogens is 609 g/mol. The second-order valence-corrected chi connectivity index (χ2v) is 12.8. The quantitative estimate of drug-likeness (QED) is 0.142. The van der Waals surface area contributed by atoms with E-state index in [2.05, 4.69) is 134 Å². The first kappa shape index (κ1) is 29.4. The molecule has 4 nitrogen and oxygen atoms in total. The monoisotopic (exact) mass is 638 g/mol. The Kier molecular flexibility index (Phi) is 6.93. The number of fused-ring (bicyclic) bond motifs is 6. The Hall–Kier alpha value is -6.70. The van der Waals surface area contributed by atoms with Gasteiger partial charge in [0.05, 0.1) is 34.1 Å². The molecule has 9 rings (SSSR count). The van der Waals surface area contributed by atoms with Gasteiger partial charge in [-0.3, -0.25) is 4.98 Å². The average molecular weight is 639 g/mol. The van der Waals surface area contributed by atoms with E-state index in [1.54, 1.807) is 0 Å². The third-order valence-corrected chi connectivity index (χ3v) is 9.89. The van der Waals surface area contributed by atoms with Gasteiger partial charge in [-0.2, -0.15) is 5.26 Å². The van der Waals surface area contributed by atoms with Crippen molar-refractivity contribution in [1.82, 2.24) is 15.0 Å². The second kappa shape index (κ2) is 11.8. The minimum Gasteiger partial charge on any atom is -0.263 e. The van der Waals surface area contributed by atoms with Crippen LogP contribution in [-0.4, -0.2) is 15.0 Å². The van der Waals surface area contributed by atoms with Crippen LogP contribution in [0.5, 0.6) is 0 Å². The summed E-state index contributed by atoms with van der Waals surface area (Å²) in [4.78, 5) is 15.4. The fourth-order valence-electron chi connectivity index (χ4n) is 7.52. The molecule has 234 valence electrons. The Balaban J connectivity index is 1.36. The topological polar surface area (TPSA) is 62.5 Å². The molecule has 0 amide bonds. The van der Waals surface area contributed by atoms with Crippen LogP contribution < -0.4 is 0 Å². The highest BCUT2D eigenvalue weighted by Crippen LogP contribution is 2.45. The summed E-state index contributed by atoms with van der Waals surface area (Å²) in [6.45, 7) is 4.50. The lowest BCUT2D eigenvalue weighted by atomic mass is 9.85. The fourth-order valence-corrected chi connectivity index (χ4v) is 7.52. The van der Waals surface area contributed by atoms with Crippen LogP contribution in [0, 0.1) is 25.2 Å². The third-order valence-electron chi connectivity index (χ3n) is 9.89. The van der Waals surface area contributed by atoms with E-state index in [4.69, 9.17) is 9.97 Å². The second-order valence-electron chi connectivity index (χ2n) is 12.8. The first-order valence-corrected chi connectivity index (χ1v) is 16.7. The maximum absolute atomic E-state index is 9.26. The van der Waals surface area contributed by atoms with E-state index in [-0.39, 0.29) is 0 Å². The van der Waals surface area contributed by atoms with Crippen LogP contribution in [0.2, 0.25) is 0 Å². The van der Waals surface area contributed by atoms with Crippen molar-refractivity contribution >= 4 is 43.4 Å². The average Bonchev–Trinajstić information content (AvgIpc) is 3.19. The number of benzene rings is 6. The molecule has 0 fully saturated rings. The van der Waals surface area contributed by atoms with E-state index in [9.17, 15) is 5.26 Å². The standard InChI is InChI=1S/C46H30N4/c1-28-41-37-15-9-10-16-39(37)49-45(32-11-5-3-6-12-32)43(41)29(2)42-38-22-21-34(24-40(38)50-46(44(28)42)33-13-7-4-8-14-33)36-23-35(26-48-27-36)31-19-17-30(25-47)18-20-31/h3-24,26-27H,1-2H3. The molecule has 50 heavy (non-hydrogen) atoms. The fraction of sp³-hybridized carbons (Fsp3) is 0.0435. The molecular formula is C46H30N4. The molecule has 3 aromatic heterocycles. The van der Waals surface area contributed by atoms with E-state index in [1.165, 1.54) is 32.7 Å². The number of aromatic nitrogens is 3. The molecule has 0 saturated carbocycles. The number of pyridine rings is 3. The minimum absolute atomic E-state index is 0.637. The maximum Gasteiger partial charge on any atom is 0.0991 e. The molecule has 0 aliphatic carbocycles. The summed E-state index contributed by atoms with van der Waals surface area (Å²) >= 11 is 0. The first-order chi connectivity index (χ1) is 24.6. The maximum atomic E-state index is 9.26. The van der Waals surface area contributed by atoms with Gasteiger partial charge in [-0.1, -0.05) is 103 Å². The number of nitrogens with zero attached hydrogens (tertiary/aromatic N) is 4. The third kappa shape index (κ3) is 4.71. The Labute approximate surface area is 290 Å². The van der Waals surface area contributed by atoms with Crippen LogP contribution in [0.4, 0.5) is 0 Å². The number of rotatable bonds is 4. The van der Waals surface area contributed by atoms with E-state index >= 15 is 0 Å². The number of hydrogen-bond acceptors (Lipinski definition) is 4. The van der Waals surface area contributed by atoms with Gasteiger partial charge in [-0.15, -0.1) is 0 Å². The van der Waals surface area contributed by atoms with E-state index in [1.807, 2.05) is 36.7 Å². The first-order valence-electron chi connectivity index (χ1n) is 16.7. The molecule has 0 saturated heterocycles. The summed E-state index contributed by atoms with van der Waals surface area (Å²) in [5, 5.41) is 16.3. The molecule has 0 aliphatic heterocycles. The minimum atomic E-state index is 0.637. The number of para-hydroxylation sites is 1. The predicted molar refractivity (Wildman–Crippen MR) is 206 cm³/mol. The predicted octanol–water partition coefficient (Wildman–Crippen LogP) is 11.6.